The van der Waals surface area contributed by atoms with Crippen molar-refractivity contribution in [2.75, 3.05) is 19.6 Å². The first-order valence-corrected chi connectivity index (χ1v) is 4.03. The van der Waals surface area contributed by atoms with Crippen molar-refractivity contribution in [1.29, 1.82) is 0 Å². The number of likely N-dealkylation sites (N-methyl/N-ethyl adjacent to an activating group) is 1. The third-order valence-corrected chi connectivity index (χ3v) is 2.12. The van der Waals surface area contributed by atoms with E-state index in [4.69, 9.17) is 5.73 Å². The molecule has 0 spiro atoms. The zero-order valence-corrected chi connectivity index (χ0v) is 7.65. The van der Waals surface area contributed by atoms with Gasteiger partial charge in [-0.25, -0.2) is 0 Å². The molecule has 2 N–H and O–H groups in total. The van der Waals surface area contributed by atoms with Gasteiger partial charge < -0.3 is 5.73 Å². The highest BCUT2D eigenvalue weighted by molar-refractivity contribution is 4.80. The van der Waals surface area contributed by atoms with Crippen molar-refractivity contribution >= 4 is 0 Å². The van der Waals surface area contributed by atoms with Crippen LogP contribution >= 0.6 is 0 Å². The minimum absolute atomic E-state index is 0.170. The highest BCUT2D eigenvalue weighted by Gasteiger charge is 2.21. The molecule has 0 rings (SSSR count). The van der Waals surface area contributed by atoms with E-state index in [2.05, 4.69) is 32.6 Å². The zero-order valence-electron chi connectivity index (χ0n) is 7.65. The normalized spacial score (nSPS) is 12.6. The van der Waals surface area contributed by atoms with Crippen molar-refractivity contribution in [2.45, 2.75) is 33.2 Å². The van der Waals surface area contributed by atoms with Gasteiger partial charge in [0, 0.05) is 12.1 Å². The molecular weight excluding hydrogens is 124 g/mol. The molecule has 62 valence electrons. The zero-order chi connectivity index (χ0) is 8.20. The standard InChI is InChI=1S/C8H20N2/c1-5-10(6-2)8(3,4)7-9/h5-7,9H2,1-4H3. The Morgan fingerprint density at radius 2 is 1.60 bits per heavy atom. The Bertz CT molecular complexity index is 85.3. The molecule has 0 aliphatic carbocycles. The van der Waals surface area contributed by atoms with E-state index in [1.165, 1.54) is 0 Å². The molecule has 0 heterocycles. The van der Waals surface area contributed by atoms with Crippen LogP contribution in [0.3, 0.4) is 0 Å². The Balaban J connectivity index is 3.97. The fraction of sp³-hybridized carbons (Fsp3) is 1.00. The van der Waals surface area contributed by atoms with Crippen LogP contribution in [0.2, 0.25) is 0 Å². The van der Waals surface area contributed by atoms with Gasteiger partial charge in [-0.2, -0.15) is 0 Å². The Labute approximate surface area is 64.4 Å². The van der Waals surface area contributed by atoms with Gasteiger partial charge in [0.1, 0.15) is 0 Å². The molecule has 0 amide bonds. The summed E-state index contributed by atoms with van der Waals surface area (Å²) < 4.78 is 0. The SMILES string of the molecule is CCN(CC)C(C)(C)CN. The van der Waals surface area contributed by atoms with E-state index in [-0.39, 0.29) is 5.54 Å². The monoisotopic (exact) mass is 144 g/mol. The Hall–Kier alpha value is -0.0800. The minimum Gasteiger partial charge on any atom is -0.329 e. The van der Waals surface area contributed by atoms with Crippen LogP contribution in [0.1, 0.15) is 27.7 Å². The summed E-state index contributed by atoms with van der Waals surface area (Å²) in [4.78, 5) is 2.37. The van der Waals surface area contributed by atoms with Gasteiger partial charge in [-0.15, -0.1) is 0 Å². The van der Waals surface area contributed by atoms with Gasteiger partial charge >= 0.3 is 0 Å². The van der Waals surface area contributed by atoms with Crippen molar-refractivity contribution in [2.24, 2.45) is 5.73 Å². The first-order chi connectivity index (χ1) is 4.58. The lowest BCUT2D eigenvalue weighted by Crippen LogP contribution is -2.48. The number of hydrogen-bond donors (Lipinski definition) is 1. The van der Waals surface area contributed by atoms with Crippen molar-refractivity contribution in [3.05, 3.63) is 0 Å². The second kappa shape index (κ2) is 3.94. The molecule has 0 aliphatic rings. The predicted molar refractivity (Wildman–Crippen MR) is 46.1 cm³/mol. The molecule has 10 heavy (non-hydrogen) atoms. The van der Waals surface area contributed by atoms with E-state index in [9.17, 15) is 0 Å². The van der Waals surface area contributed by atoms with Crippen LogP contribution in [0.25, 0.3) is 0 Å². The van der Waals surface area contributed by atoms with Crippen molar-refractivity contribution in [3.8, 4) is 0 Å². The maximum Gasteiger partial charge on any atom is 0.0275 e. The number of nitrogens with two attached hydrogens (primary N) is 1. The second-order valence-electron chi connectivity index (χ2n) is 3.19. The number of hydrogen-bond acceptors (Lipinski definition) is 2. The van der Waals surface area contributed by atoms with E-state index >= 15 is 0 Å². The topological polar surface area (TPSA) is 29.3 Å². The lowest BCUT2D eigenvalue weighted by atomic mass is 10.0. The Morgan fingerprint density at radius 1 is 1.20 bits per heavy atom. The summed E-state index contributed by atoms with van der Waals surface area (Å²) in [6.07, 6.45) is 0. The molecule has 0 fully saturated rings. The summed E-state index contributed by atoms with van der Waals surface area (Å²) in [5, 5.41) is 0. The molecule has 0 bridgehead atoms. The van der Waals surface area contributed by atoms with Crippen molar-refractivity contribution in [1.82, 2.24) is 4.90 Å². The summed E-state index contributed by atoms with van der Waals surface area (Å²) in [7, 11) is 0. The van der Waals surface area contributed by atoms with E-state index in [0.29, 0.717) is 0 Å². The Morgan fingerprint density at radius 3 is 1.70 bits per heavy atom. The molecule has 0 unspecified atom stereocenters. The lowest BCUT2D eigenvalue weighted by Gasteiger charge is -2.35. The maximum atomic E-state index is 5.62. The molecule has 2 nitrogen and oxygen atoms in total. The summed E-state index contributed by atoms with van der Waals surface area (Å²) in [6, 6.07) is 0. The van der Waals surface area contributed by atoms with E-state index < -0.39 is 0 Å². The van der Waals surface area contributed by atoms with Gasteiger partial charge in [0.25, 0.3) is 0 Å². The van der Waals surface area contributed by atoms with E-state index in [0.717, 1.165) is 19.6 Å². The highest BCUT2D eigenvalue weighted by atomic mass is 15.2. The van der Waals surface area contributed by atoms with Gasteiger partial charge in [-0.05, 0) is 26.9 Å². The largest absolute Gasteiger partial charge is 0.329 e. The smallest absolute Gasteiger partial charge is 0.0275 e. The van der Waals surface area contributed by atoms with Gasteiger partial charge in [0.05, 0.1) is 0 Å². The minimum atomic E-state index is 0.170. The lowest BCUT2D eigenvalue weighted by molar-refractivity contribution is 0.143. The average molecular weight is 144 g/mol. The molecule has 0 radical (unpaired) electrons. The van der Waals surface area contributed by atoms with Crippen LogP contribution in [-0.2, 0) is 0 Å². The molecule has 0 saturated heterocycles. The third kappa shape index (κ3) is 2.27. The van der Waals surface area contributed by atoms with Crippen LogP contribution in [0.15, 0.2) is 0 Å². The maximum absolute atomic E-state index is 5.62. The van der Waals surface area contributed by atoms with Gasteiger partial charge in [-0.1, -0.05) is 13.8 Å². The fourth-order valence-electron chi connectivity index (χ4n) is 1.21. The van der Waals surface area contributed by atoms with E-state index in [1.807, 2.05) is 0 Å². The fourth-order valence-corrected chi connectivity index (χ4v) is 1.21. The first kappa shape index (κ1) is 9.92. The molecule has 0 aromatic rings. The number of rotatable bonds is 4. The summed E-state index contributed by atoms with van der Waals surface area (Å²) in [6.45, 7) is 11.6. The van der Waals surface area contributed by atoms with Crippen LogP contribution < -0.4 is 5.73 Å². The van der Waals surface area contributed by atoms with Crippen LogP contribution in [-0.4, -0.2) is 30.1 Å². The quantitative estimate of drug-likeness (QED) is 0.639. The molecule has 0 aromatic heterocycles. The van der Waals surface area contributed by atoms with Crippen LogP contribution in [0.5, 0.6) is 0 Å². The first-order valence-electron chi connectivity index (χ1n) is 4.03. The molecule has 2 heteroatoms. The summed E-state index contributed by atoms with van der Waals surface area (Å²) in [5.41, 5.74) is 5.79. The van der Waals surface area contributed by atoms with Crippen LogP contribution in [0, 0.1) is 0 Å². The van der Waals surface area contributed by atoms with Crippen LogP contribution in [0.4, 0.5) is 0 Å². The van der Waals surface area contributed by atoms with Crippen molar-refractivity contribution < 1.29 is 0 Å². The predicted octanol–water partition coefficient (Wildman–Crippen LogP) is 1.07. The van der Waals surface area contributed by atoms with Gasteiger partial charge in [0.2, 0.25) is 0 Å². The molecule has 0 saturated carbocycles. The number of nitrogens with zero attached hydrogens (tertiary/aromatic N) is 1. The third-order valence-electron chi connectivity index (χ3n) is 2.12. The molecule has 0 atom stereocenters. The highest BCUT2D eigenvalue weighted by Crippen LogP contribution is 2.10. The average Bonchev–Trinajstić information content (AvgIpc) is 1.90. The van der Waals surface area contributed by atoms with Gasteiger partial charge in [0.15, 0.2) is 0 Å². The molecular formula is C8H20N2. The summed E-state index contributed by atoms with van der Waals surface area (Å²) >= 11 is 0. The Kier molecular flexibility index (Phi) is 3.91. The van der Waals surface area contributed by atoms with Crippen molar-refractivity contribution in [3.63, 3.8) is 0 Å². The summed E-state index contributed by atoms with van der Waals surface area (Å²) in [5.74, 6) is 0. The van der Waals surface area contributed by atoms with E-state index in [1.54, 1.807) is 0 Å². The second-order valence-corrected chi connectivity index (χ2v) is 3.19. The molecule has 0 aromatic carbocycles. The molecule has 0 aliphatic heterocycles. The van der Waals surface area contributed by atoms with Gasteiger partial charge in [-0.3, -0.25) is 4.90 Å².